The lowest BCUT2D eigenvalue weighted by Gasteiger charge is -2.14. The van der Waals surface area contributed by atoms with Crippen LogP contribution in [0, 0.1) is 6.92 Å². The third-order valence-electron chi connectivity index (χ3n) is 2.64. The highest BCUT2D eigenvalue weighted by Crippen LogP contribution is 2.48. The molecule has 0 saturated carbocycles. The lowest BCUT2D eigenvalue weighted by Crippen LogP contribution is -2.11. The van der Waals surface area contributed by atoms with E-state index >= 15 is 0 Å². The van der Waals surface area contributed by atoms with Gasteiger partial charge in [0.1, 0.15) is 0 Å². The summed E-state index contributed by atoms with van der Waals surface area (Å²) in [4.78, 5) is 4.31. The number of aromatic nitrogens is 1. The van der Waals surface area contributed by atoms with Crippen LogP contribution in [0.2, 0.25) is 0 Å². The van der Waals surface area contributed by atoms with E-state index in [1.165, 1.54) is 0 Å². The Balaban J connectivity index is 2.43. The molecular weight excluding hydrogens is 277 g/mol. The third-order valence-corrected chi connectivity index (χ3v) is 4.75. The van der Waals surface area contributed by atoms with Gasteiger partial charge < -0.3 is 13.5 Å². The summed E-state index contributed by atoms with van der Waals surface area (Å²) < 4.78 is 28.9. The number of hydrogen-bond acceptors (Lipinski definition) is 5. The van der Waals surface area contributed by atoms with E-state index in [2.05, 4.69) is 4.98 Å². The van der Waals surface area contributed by atoms with Crippen molar-refractivity contribution in [1.82, 2.24) is 4.98 Å². The highest BCUT2D eigenvalue weighted by Gasteiger charge is 2.34. The van der Waals surface area contributed by atoms with Crippen LogP contribution in [0.25, 0.3) is 11.5 Å². The minimum atomic E-state index is -3.44. The van der Waals surface area contributed by atoms with Crippen LogP contribution < -0.4 is 5.50 Å². The van der Waals surface area contributed by atoms with Gasteiger partial charge in [0, 0.05) is 5.56 Å². The monoisotopic (exact) mass is 295 g/mol. The zero-order chi connectivity index (χ0) is 14.6. The molecule has 0 spiro atoms. The van der Waals surface area contributed by atoms with Gasteiger partial charge in [0.2, 0.25) is 11.4 Å². The van der Waals surface area contributed by atoms with Gasteiger partial charge in [-0.3, -0.25) is 4.57 Å². The summed E-state index contributed by atoms with van der Waals surface area (Å²) >= 11 is 0. The number of nitrogens with zero attached hydrogens (tertiary/aromatic N) is 1. The van der Waals surface area contributed by atoms with Gasteiger partial charge in [-0.05, 0) is 32.9 Å². The molecule has 0 radical (unpaired) electrons. The Kier molecular flexibility index (Phi) is 4.76. The second kappa shape index (κ2) is 6.35. The quantitative estimate of drug-likeness (QED) is 0.763. The SMILES string of the molecule is CCOP(=O)(OCC)c1oc(-c2ccccc2)nc1C. The molecule has 6 heteroatoms. The molecule has 5 nitrogen and oxygen atoms in total. The summed E-state index contributed by atoms with van der Waals surface area (Å²) in [6.07, 6.45) is 0. The summed E-state index contributed by atoms with van der Waals surface area (Å²) in [6.45, 7) is 5.80. The van der Waals surface area contributed by atoms with Gasteiger partial charge in [0.15, 0.2) is 0 Å². The van der Waals surface area contributed by atoms with Crippen LogP contribution in [0.3, 0.4) is 0 Å². The molecule has 0 aliphatic heterocycles. The summed E-state index contributed by atoms with van der Waals surface area (Å²) in [5, 5.41) is 0. The Morgan fingerprint density at radius 1 is 1.15 bits per heavy atom. The fourth-order valence-electron chi connectivity index (χ4n) is 1.84. The van der Waals surface area contributed by atoms with Crippen LogP contribution >= 0.6 is 7.60 Å². The van der Waals surface area contributed by atoms with Gasteiger partial charge in [0.25, 0.3) is 0 Å². The lowest BCUT2D eigenvalue weighted by atomic mass is 10.2. The Morgan fingerprint density at radius 2 is 1.75 bits per heavy atom. The van der Waals surface area contributed by atoms with E-state index in [1.807, 2.05) is 30.3 Å². The Morgan fingerprint density at radius 3 is 2.30 bits per heavy atom. The highest BCUT2D eigenvalue weighted by molar-refractivity contribution is 7.61. The first-order valence-corrected chi connectivity index (χ1v) is 8.07. The largest absolute Gasteiger partial charge is 0.428 e. The summed E-state index contributed by atoms with van der Waals surface area (Å²) in [6, 6.07) is 9.44. The molecule has 2 aromatic rings. The fourth-order valence-corrected chi connectivity index (χ4v) is 3.47. The van der Waals surface area contributed by atoms with Crippen molar-refractivity contribution in [2.24, 2.45) is 0 Å². The Hall–Kier alpha value is -1.42. The molecule has 0 aliphatic rings. The molecule has 0 atom stereocenters. The molecule has 1 aromatic carbocycles. The average molecular weight is 295 g/mol. The van der Waals surface area contributed by atoms with Crippen LogP contribution in [0.1, 0.15) is 19.5 Å². The van der Waals surface area contributed by atoms with Crippen molar-refractivity contribution < 1.29 is 18.0 Å². The van der Waals surface area contributed by atoms with Gasteiger partial charge in [-0.25, -0.2) is 4.98 Å². The molecule has 108 valence electrons. The molecule has 1 heterocycles. The maximum Gasteiger partial charge on any atom is 0.398 e. The lowest BCUT2D eigenvalue weighted by molar-refractivity contribution is 0.225. The molecule has 0 unspecified atom stereocenters. The Labute approximate surface area is 118 Å². The van der Waals surface area contributed by atoms with E-state index in [0.29, 0.717) is 11.6 Å². The van der Waals surface area contributed by atoms with E-state index in [0.717, 1.165) is 5.56 Å². The van der Waals surface area contributed by atoms with Gasteiger partial charge in [0.05, 0.1) is 18.9 Å². The normalized spacial score (nSPS) is 11.8. The van der Waals surface area contributed by atoms with E-state index < -0.39 is 7.60 Å². The van der Waals surface area contributed by atoms with Gasteiger partial charge in [-0.2, -0.15) is 0 Å². The molecule has 0 aliphatic carbocycles. The zero-order valence-electron chi connectivity index (χ0n) is 11.8. The van der Waals surface area contributed by atoms with Gasteiger partial charge in [-0.15, -0.1) is 0 Å². The van der Waals surface area contributed by atoms with E-state index in [9.17, 15) is 4.57 Å². The number of hydrogen-bond donors (Lipinski definition) is 0. The van der Waals surface area contributed by atoms with Gasteiger partial charge in [-0.1, -0.05) is 18.2 Å². The smallest absolute Gasteiger partial charge is 0.398 e. The molecule has 0 saturated heterocycles. The minimum Gasteiger partial charge on any atom is -0.428 e. The second-order valence-electron chi connectivity index (χ2n) is 4.11. The van der Waals surface area contributed by atoms with Crippen molar-refractivity contribution in [3.05, 3.63) is 36.0 Å². The van der Waals surface area contributed by atoms with Crippen LogP contribution in [0.4, 0.5) is 0 Å². The molecule has 2 rings (SSSR count). The summed E-state index contributed by atoms with van der Waals surface area (Å²) in [7, 11) is -3.44. The molecular formula is C14H18NO4P. The number of oxazole rings is 1. The predicted molar refractivity (Wildman–Crippen MR) is 77.2 cm³/mol. The summed E-state index contributed by atoms with van der Waals surface area (Å²) in [5.74, 6) is 0.415. The van der Waals surface area contributed by atoms with Crippen molar-refractivity contribution in [3.8, 4) is 11.5 Å². The van der Waals surface area contributed by atoms with Crippen molar-refractivity contribution in [2.45, 2.75) is 20.8 Å². The van der Waals surface area contributed by atoms with Crippen molar-refractivity contribution in [2.75, 3.05) is 13.2 Å². The molecule has 0 fully saturated rings. The second-order valence-corrected chi connectivity index (χ2v) is 6.03. The van der Waals surface area contributed by atoms with E-state index in [-0.39, 0.29) is 18.7 Å². The topological polar surface area (TPSA) is 61.6 Å². The van der Waals surface area contributed by atoms with Crippen LogP contribution in [-0.2, 0) is 13.6 Å². The maximum atomic E-state index is 12.7. The third kappa shape index (κ3) is 3.01. The Bertz CT molecular complexity index is 599. The average Bonchev–Trinajstić information content (AvgIpc) is 2.83. The highest BCUT2D eigenvalue weighted by atomic mass is 31.2. The molecule has 0 N–H and O–H groups in total. The molecule has 20 heavy (non-hydrogen) atoms. The zero-order valence-corrected chi connectivity index (χ0v) is 12.7. The number of aryl methyl sites for hydroxylation is 1. The van der Waals surface area contributed by atoms with E-state index in [4.69, 9.17) is 13.5 Å². The van der Waals surface area contributed by atoms with Crippen LogP contribution in [0.15, 0.2) is 34.7 Å². The predicted octanol–water partition coefficient (Wildman–Crippen LogP) is 3.54. The first-order valence-electron chi connectivity index (χ1n) is 6.53. The minimum absolute atomic E-state index is 0.181. The molecule has 1 aromatic heterocycles. The van der Waals surface area contributed by atoms with E-state index in [1.54, 1.807) is 20.8 Å². The van der Waals surface area contributed by atoms with Crippen LogP contribution in [0.5, 0.6) is 0 Å². The number of rotatable bonds is 6. The maximum absolute atomic E-state index is 12.7. The van der Waals surface area contributed by atoms with Crippen molar-refractivity contribution >= 4 is 13.1 Å². The fraction of sp³-hybridized carbons (Fsp3) is 0.357. The van der Waals surface area contributed by atoms with Crippen LogP contribution in [-0.4, -0.2) is 18.2 Å². The standard InChI is InChI=1S/C14H18NO4P/c1-4-17-20(16,18-5-2)14-11(3)15-13(19-14)12-9-7-6-8-10-12/h6-10H,4-5H2,1-3H3. The summed E-state index contributed by atoms with van der Waals surface area (Å²) in [5.41, 5.74) is 1.52. The first-order chi connectivity index (χ1) is 9.60. The van der Waals surface area contributed by atoms with Gasteiger partial charge >= 0.3 is 7.60 Å². The van der Waals surface area contributed by atoms with Crippen molar-refractivity contribution in [1.29, 1.82) is 0 Å². The molecule has 0 amide bonds. The molecule has 0 bridgehead atoms. The first kappa shape index (κ1) is 15.0. The van der Waals surface area contributed by atoms with Crippen molar-refractivity contribution in [3.63, 3.8) is 0 Å². The number of benzene rings is 1.